The summed E-state index contributed by atoms with van der Waals surface area (Å²) in [5.74, 6) is 0. The molecule has 120 valence electrons. The van der Waals surface area contributed by atoms with Gasteiger partial charge in [-0.15, -0.1) is 0 Å². The van der Waals surface area contributed by atoms with E-state index in [0.29, 0.717) is 12.2 Å². The van der Waals surface area contributed by atoms with Gasteiger partial charge in [0.1, 0.15) is 0 Å². The Morgan fingerprint density at radius 1 is 1.13 bits per heavy atom. The summed E-state index contributed by atoms with van der Waals surface area (Å²) in [5, 5.41) is 16.2. The number of nitrogens with zero attached hydrogens (tertiary/aromatic N) is 1. The zero-order valence-electron chi connectivity index (χ0n) is 13.1. The molecule has 0 heterocycles. The van der Waals surface area contributed by atoms with Crippen LogP contribution in [0.3, 0.4) is 0 Å². The first kappa shape index (κ1) is 16.5. The topological polar surface area (TPSA) is 84.3 Å². The van der Waals surface area contributed by atoms with E-state index in [1.807, 2.05) is 31.2 Å². The molecular weight excluding hydrogens is 294 g/mol. The second kappa shape index (κ2) is 7.40. The molecule has 2 aromatic carbocycles. The number of nitro groups is 1. The molecule has 0 spiro atoms. The van der Waals surface area contributed by atoms with Crippen LogP contribution in [-0.4, -0.2) is 17.5 Å². The molecule has 23 heavy (non-hydrogen) atoms. The van der Waals surface area contributed by atoms with E-state index in [9.17, 15) is 14.9 Å². The molecule has 6 nitrogen and oxygen atoms in total. The van der Waals surface area contributed by atoms with Crippen molar-refractivity contribution in [2.45, 2.75) is 20.3 Å². The van der Waals surface area contributed by atoms with Gasteiger partial charge in [0.15, 0.2) is 0 Å². The number of nitro benzene ring substituents is 1. The molecule has 0 aliphatic rings. The Labute approximate surface area is 134 Å². The van der Waals surface area contributed by atoms with Crippen LogP contribution in [0.4, 0.5) is 16.2 Å². The van der Waals surface area contributed by atoms with Gasteiger partial charge in [0.05, 0.1) is 10.6 Å². The van der Waals surface area contributed by atoms with Crippen molar-refractivity contribution in [3.63, 3.8) is 0 Å². The van der Waals surface area contributed by atoms with E-state index in [2.05, 4.69) is 10.6 Å². The lowest BCUT2D eigenvalue weighted by Gasteiger charge is -2.10. The number of hydrogen-bond donors (Lipinski definition) is 2. The van der Waals surface area contributed by atoms with E-state index < -0.39 is 4.92 Å². The first-order valence-electron chi connectivity index (χ1n) is 7.32. The first-order valence-corrected chi connectivity index (χ1v) is 7.32. The van der Waals surface area contributed by atoms with Crippen LogP contribution in [0.2, 0.25) is 0 Å². The average Bonchev–Trinajstić information content (AvgIpc) is 2.51. The summed E-state index contributed by atoms with van der Waals surface area (Å²) < 4.78 is 0. The maximum absolute atomic E-state index is 11.9. The molecule has 2 amide bonds. The van der Waals surface area contributed by atoms with E-state index in [1.165, 1.54) is 23.3 Å². The number of non-ortho nitro benzene ring substituents is 1. The Morgan fingerprint density at radius 2 is 1.87 bits per heavy atom. The van der Waals surface area contributed by atoms with Crippen LogP contribution >= 0.6 is 0 Å². The molecule has 0 saturated carbocycles. The summed E-state index contributed by atoms with van der Waals surface area (Å²) in [7, 11) is 0. The molecule has 0 unspecified atom stereocenters. The van der Waals surface area contributed by atoms with Crippen molar-refractivity contribution in [1.29, 1.82) is 0 Å². The van der Waals surface area contributed by atoms with Crippen LogP contribution < -0.4 is 10.6 Å². The van der Waals surface area contributed by atoms with Crippen LogP contribution in [0.1, 0.15) is 16.7 Å². The molecule has 0 fully saturated rings. The number of urea groups is 1. The molecule has 0 saturated heterocycles. The van der Waals surface area contributed by atoms with Gasteiger partial charge in [0, 0.05) is 18.7 Å². The van der Waals surface area contributed by atoms with Crippen LogP contribution in [-0.2, 0) is 6.42 Å². The highest BCUT2D eigenvalue weighted by Crippen LogP contribution is 2.21. The van der Waals surface area contributed by atoms with Gasteiger partial charge in [-0.2, -0.15) is 0 Å². The van der Waals surface area contributed by atoms with Crippen molar-refractivity contribution in [1.82, 2.24) is 5.32 Å². The zero-order valence-corrected chi connectivity index (χ0v) is 13.1. The summed E-state index contributed by atoms with van der Waals surface area (Å²) in [6.45, 7) is 4.30. The molecule has 0 aromatic heterocycles. The summed E-state index contributed by atoms with van der Waals surface area (Å²) in [4.78, 5) is 22.2. The third-order valence-electron chi connectivity index (χ3n) is 3.62. The summed E-state index contributed by atoms with van der Waals surface area (Å²) in [5.41, 5.74) is 3.52. The van der Waals surface area contributed by atoms with Crippen molar-refractivity contribution in [3.05, 3.63) is 69.3 Å². The van der Waals surface area contributed by atoms with Crippen LogP contribution in [0.15, 0.2) is 42.5 Å². The lowest BCUT2D eigenvalue weighted by Crippen LogP contribution is -2.30. The molecule has 0 bridgehead atoms. The molecule has 0 radical (unpaired) electrons. The maximum Gasteiger partial charge on any atom is 0.319 e. The molecule has 2 rings (SSSR count). The van der Waals surface area contributed by atoms with E-state index in [-0.39, 0.29) is 11.7 Å². The van der Waals surface area contributed by atoms with Gasteiger partial charge in [-0.05, 0) is 37.0 Å². The maximum atomic E-state index is 11.9. The molecule has 0 atom stereocenters. The van der Waals surface area contributed by atoms with Crippen molar-refractivity contribution in [2.24, 2.45) is 0 Å². The summed E-state index contributed by atoms with van der Waals surface area (Å²) >= 11 is 0. The normalized spacial score (nSPS) is 10.2. The highest BCUT2D eigenvalue weighted by atomic mass is 16.6. The minimum atomic E-state index is -0.485. The second-order valence-corrected chi connectivity index (χ2v) is 5.31. The standard InChI is InChI=1S/C17H19N3O3/c1-12-5-3-4-6-14(12)9-10-18-17(21)19-16-11-15(20(22)23)8-7-13(16)2/h3-8,11H,9-10H2,1-2H3,(H2,18,19,21). The van der Waals surface area contributed by atoms with Crippen molar-refractivity contribution >= 4 is 17.4 Å². The second-order valence-electron chi connectivity index (χ2n) is 5.31. The van der Waals surface area contributed by atoms with E-state index in [0.717, 1.165) is 12.0 Å². The third kappa shape index (κ3) is 4.54. The number of anilines is 1. The molecular formula is C17H19N3O3. The Hall–Kier alpha value is -2.89. The summed E-state index contributed by atoms with van der Waals surface area (Å²) in [6, 6.07) is 12.0. The number of nitrogens with one attached hydrogen (secondary N) is 2. The lowest BCUT2D eigenvalue weighted by atomic mass is 10.1. The van der Waals surface area contributed by atoms with E-state index in [4.69, 9.17) is 0 Å². The van der Waals surface area contributed by atoms with E-state index >= 15 is 0 Å². The monoisotopic (exact) mass is 313 g/mol. The quantitative estimate of drug-likeness (QED) is 0.653. The molecule has 2 aromatic rings. The predicted molar refractivity (Wildman–Crippen MR) is 89.7 cm³/mol. The number of hydrogen-bond acceptors (Lipinski definition) is 3. The van der Waals surface area contributed by atoms with Crippen LogP contribution in [0.25, 0.3) is 0 Å². The highest BCUT2D eigenvalue weighted by molar-refractivity contribution is 5.90. The number of carbonyl (C=O) groups is 1. The Morgan fingerprint density at radius 3 is 2.57 bits per heavy atom. The van der Waals surface area contributed by atoms with Gasteiger partial charge < -0.3 is 10.6 Å². The minimum absolute atomic E-state index is 0.0502. The fourth-order valence-electron chi connectivity index (χ4n) is 2.23. The smallest absolute Gasteiger partial charge is 0.319 e. The Bertz CT molecular complexity index is 729. The first-order chi connectivity index (χ1) is 11.0. The fraction of sp³-hybridized carbons (Fsp3) is 0.235. The van der Waals surface area contributed by atoms with Gasteiger partial charge >= 0.3 is 6.03 Å². The number of amides is 2. The zero-order chi connectivity index (χ0) is 16.8. The molecule has 0 aliphatic heterocycles. The van der Waals surface area contributed by atoms with Crippen LogP contribution in [0.5, 0.6) is 0 Å². The number of carbonyl (C=O) groups excluding carboxylic acids is 1. The molecule has 2 N–H and O–H groups in total. The number of benzene rings is 2. The summed E-state index contributed by atoms with van der Waals surface area (Å²) in [6.07, 6.45) is 0.730. The van der Waals surface area contributed by atoms with Crippen molar-refractivity contribution < 1.29 is 9.72 Å². The predicted octanol–water partition coefficient (Wildman–Crippen LogP) is 3.58. The van der Waals surface area contributed by atoms with Crippen molar-refractivity contribution in [3.8, 4) is 0 Å². The number of aryl methyl sites for hydroxylation is 2. The van der Waals surface area contributed by atoms with Gasteiger partial charge in [0.25, 0.3) is 5.69 Å². The number of rotatable bonds is 5. The largest absolute Gasteiger partial charge is 0.338 e. The highest BCUT2D eigenvalue weighted by Gasteiger charge is 2.10. The SMILES string of the molecule is Cc1ccccc1CCNC(=O)Nc1cc([N+](=O)[O-])ccc1C. The Balaban J connectivity index is 1.91. The van der Waals surface area contributed by atoms with E-state index in [1.54, 1.807) is 13.0 Å². The van der Waals surface area contributed by atoms with Gasteiger partial charge in [0.2, 0.25) is 0 Å². The van der Waals surface area contributed by atoms with Gasteiger partial charge in [-0.25, -0.2) is 4.79 Å². The fourth-order valence-corrected chi connectivity index (χ4v) is 2.23. The van der Waals surface area contributed by atoms with Crippen LogP contribution in [0, 0.1) is 24.0 Å². The van der Waals surface area contributed by atoms with Gasteiger partial charge in [-0.3, -0.25) is 10.1 Å². The Kier molecular flexibility index (Phi) is 5.30. The average molecular weight is 313 g/mol. The third-order valence-corrected chi connectivity index (χ3v) is 3.62. The minimum Gasteiger partial charge on any atom is -0.338 e. The van der Waals surface area contributed by atoms with Crippen molar-refractivity contribution in [2.75, 3.05) is 11.9 Å². The molecule has 6 heteroatoms. The lowest BCUT2D eigenvalue weighted by molar-refractivity contribution is -0.384. The molecule has 0 aliphatic carbocycles. The van der Waals surface area contributed by atoms with Gasteiger partial charge in [-0.1, -0.05) is 30.3 Å².